The summed E-state index contributed by atoms with van der Waals surface area (Å²) < 4.78 is 29.0. The Labute approximate surface area is 238 Å². The van der Waals surface area contributed by atoms with Gasteiger partial charge in [0.15, 0.2) is 0 Å². The van der Waals surface area contributed by atoms with Crippen LogP contribution in [0.1, 0.15) is 182 Å². The van der Waals surface area contributed by atoms with Gasteiger partial charge in [0.2, 0.25) is 0 Å². The second-order valence-corrected chi connectivity index (χ2v) is 16.0. The van der Waals surface area contributed by atoms with Gasteiger partial charge in [-0.25, -0.2) is 0 Å². The molecule has 6 heteroatoms. The minimum Gasteiger partial charge on any atom is -1.00 e. The number of hydrogen-bond donors (Lipinski definition) is 0. The minimum atomic E-state index is -3.67. The van der Waals surface area contributed by atoms with E-state index in [1.165, 1.54) is 128 Å². The van der Waals surface area contributed by atoms with E-state index in [0.717, 1.165) is 0 Å². The van der Waals surface area contributed by atoms with Crippen LogP contribution in [0, 0.1) is 0 Å². The van der Waals surface area contributed by atoms with Crippen molar-refractivity contribution in [2.75, 3.05) is 24.6 Å². The smallest absolute Gasteiger partial charge is 0.762 e. The summed E-state index contributed by atoms with van der Waals surface area (Å²) in [6, 6.07) is 0. The van der Waals surface area contributed by atoms with E-state index >= 15 is 0 Å². The van der Waals surface area contributed by atoms with Crippen molar-refractivity contribution in [2.24, 2.45) is 0 Å². The first-order valence-electron chi connectivity index (χ1n) is 16.7. The molecule has 38 heavy (non-hydrogen) atoms. The zero-order valence-corrected chi connectivity index (χ0v) is 27.2. The van der Waals surface area contributed by atoms with Crippen molar-refractivity contribution in [3.8, 4) is 0 Å². The molecule has 0 nitrogen and oxygen atoms in total. The molecule has 0 aromatic rings. The summed E-state index contributed by atoms with van der Waals surface area (Å²) in [6.45, 7) is 9.41. The maximum atomic E-state index is 9.67. The van der Waals surface area contributed by atoms with E-state index in [2.05, 4.69) is 27.7 Å². The summed E-state index contributed by atoms with van der Waals surface area (Å²) in [5.74, 6) is 0. The minimum absolute atomic E-state index is 0. The average molecular weight is 571 g/mol. The Bertz CT molecular complexity index is 379. The van der Waals surface area contributed by atoms with Crippen LogP contribution in [0.15, 0.2) is 0 Å². The van der Waals surface area contributed by atoms with Gasteiger partial charge in [-0.1, -0.05) is 130 Å². The zero-order chi connectivity index (χ0) is 27.9. The number of hydrogen-bond acceptors (Lipinski definition) is 0. The van der Waals surface area contributed by atoms with E-state index in [-0.39, 0.29) is 4.70 Å². The van der Waals surface area contributed by atoms with Gasteiger partial charge in [-0.05, 0) is 51.4 Å². The van der Waals surface area contributed by atoms with Crippen LogP contribution in [0.2, 0.25) is 0 Å². The third-order valence-electron chi connectivity index (χ3n) is 7.94. The van der Waals surface area contributed by atoms with Gasteiger partial charge in [0.1, 0.15) is 0 Å². The van der Waals surface area contributed by atoms with Gasteiger partial charge in [0, 0.05) is 7.26 Å². The van der Waals surface area contributed by atoms with Gasteiger partial charge < -0.3 is 4.70 Å². The van der Waals surface area contributed by atoms with Crippen LogP contribution in [0.3, 0.4) is 0 Å². The van der Waals surface area contributed by atoms with Crippen molar-refractivity contribution < 1.29 is 17.7 Å². The molecule has 0 aromatic carbocycles. The van der Waals surface area contributed by atoms with Crippen LogP contribution in [0.4, 0.5) is 12.9 Å². The Kier molecular flexibility index (Phi) is 39.6. The van der Waals surface area contributed by atoms with Gasteiger partial charge in [0.05, 0.1) is 24.6 Å². The zero-order valence-electron chi connectivity index (χ0n) is 26.3. The normalized spacial score (nSPS) is 11.1. The second kappa shape index (κ2) is 35.2. The first kappa shape index (κ1) is 42.7. The molecule has 0 aliphatic heterocycles. The van der Waals surface area contributed by atoms with Crippen LogP contribution in [0.25, 0.3) is 0 Å². The molecular weight excluding hydrogens is 502 g/mol. The Balaban J connectivity index is -0.00000227. The van der Waals surface area contributed by atoms with Gasteiger partial charge in [-0.15, -0.1) is 0 Å². The molecule has 0 rings (SSSR count). The largest absolute Gasteiger partial charge is 1.00 e. The molecule has 0 heterocycles. The lowest BCUT2D eigenvalue weighted by atomic mass is 10.1. The average Bonchev–Trinajstić information content (AvgIpc) is 2.87. The molecule has 0 saturated carbocycles. The molecule has 0 atom stereocenters. The molecule has 0 aromatic heterocycles. The third kappa shape index (κ3) is 34.2. The maximum absolute atomic E-state index is 9.67. The van der Waals surface area contributed by atoms with E-state index < -0.39 is 14.8 Å². The van der Waals surface area contributed by atoms with Crippen LogP contribution < -0.4 is 4.70 Å². The Hall–Kier alpha value is 0.215. The Morgan fingerprint density at radius 2 is 0.500 bits per heavy atom. The van der Waals surface area contributed by atoms with Gasteiger partial charge in [-0.3, -0.25) is 12.9 Å². The second-order valence-electron chi connectivity index (χ2n) is 11.6. The first-order chi connectivity index (χ1) is 18.0. The molecule has 0 radical (unpaired) electrons. The van der Waals surface area contributed by atoms with E-state index in [1.807, 2.05) is 0 Å². The van der Waals surface area contributed by atoms with Crippen LogP contribution in [-0.4, -0.2) is 32.2 Å². The van der Waals surface area contributed by atoms with Crippen molar-refractivity contribution in [3.05, 3.63) is 0 Å². The lowest BCUT2D eigenvalue weighted by molar-refractivity contribution is -0.0000111. The lowest BCUT2D eigenvalue weighted by Crippen LogP contribution is -3.00. The van der Waals surface area contributed by atoms with Gasteiger partial charge >= 0.3 is 7.54 Å². The Morgan fingerprint density at radius 1 is 0.342 bits per heavy atom. The standard InChI is InChI=1S/C32H68P.BF3.FH/c1-5-9-13-17-18-19-20-21-22-23-24-28-32-33(29-25-14-10-6-2,30-26-15-11-7-3)31-27-16-12-8-4;2-1(3)4;/h5-32H2,1-4H3;;1H/q+1;;/p-1. The van der Waals surface area contributed by atoms with E-state index in [9.17, 15) is 12.9 Å². The fourth-order valence-electron chi connectivity index (χ4n) is 5.58. The predicted molar refractivity (Wildman–Crippen MR) is 169 cm³/mol. The lowest BCUT2D eigenvalue weighted by Gasteiger charge is -2.28. The molecule has 0 unspecified atom stereocenters. The Morgan fingerprint density at radius 3 is 0.711 bits per heavy atom. The van der Waals surface area contributed by atoms with E-state index in [4.69, 9.17) is 0 Å². The highest BCUT2D eigenvalue weighted by molar-refractivity contribution is 7.75. The van der Waals surface area contributed by atoms with Crippen molar-refractivity contribution in [1.29, 1.82) is 0 Å². The molecule has 232 valence electrons. The molecule has 0 amide bonds. The van der Waals surface area contributed by atoms with E-state index in [1.54, 1.807) is 50.3 Å². The summed E-state index contributed by atoms with van der Waals surface area (Å²) in [6.07, 6.45) is 42.1. The van der Waals surface area contributed by atoms with Crippen molar-refractivity contribution in [3.63, 3.8) is 0 Å². The number of unbranched alkanes of at least 4 members (excludes halogenated alkanes) is 20. The molecule has 0 aliphatic carbocycles. The highest BCUT2D eigenvalue weighted by atomic mass is 31.2. The monoisotopic (exact) mass is 571 g/mol. The molecule has 0 bridgehead atoms. The summed E-state index contributed by atoms with van der Waals surface area (Å²) in [5.41, 5.74) is 0. The topological polar surface area (TPSA) is 0 Å². The highest BCUT2D eigenvalue weighted by Gasteiger charge is 2.34. The molecular formula is C32H68BF4P. The van der Waals surface area contributed by atoms with Crippen LogP contribution >= 0.6 is 7.26 Å². The van der Waals surface area contributed by atoms with Gasteiger partial charge in [-0.2, -0.15) is 0 Å². The SMILES string of the molecule is CCCCCCCCCCCCCC[P+](CCCCCC)(CCCCCC)CCCCCC.FB(F)F.[F-]. The predicted octanol–water partition coefficient (Wildman–Crippen LogP) is 10.3. The summed E-state index contributed by atoms with van der Waals surface area (Å²) in [5, 5.41) is 0. The number of halogens is 4. The van der Waals surface area contributed by atoms with Crippen molar-refractivity contribution in [1.82, 2.24) is 0 Å². The molecule has 0 aliphatic rings. The van der Waals surface area contributed by atoms with E-state index in [0.29, 0.717) is 0 Å². The maximum Gasteiger partial charge on any atom is 0.762 e. The molecule has 0 N–H and O–H groups in total. The fraction of sp³-hybridized carbons (Fsp3) is 1.00. The molecule has 0 saturated heterocycles. The fourth-order valence-corrected chi connectivity index (χ4v) is 10.5. The summed E-state index contributed by atoms with van der Waals surface area (Å²) in [4.78, 5) is 0. The third-order valence-corrected chi connectivity index (χ3v) is 13.0. The first-order valence-corrected chi connectivity index (χ1v) is 19.3. The summed E-state index contributed by atoms with van der Waals surface area (Å²) >= 11 is 0. The summed E-state index contributed by atoms with van der Waals surface area (Å²) in [7, 11) is -4.36. The van der Waals surface area contributed by atoms with Crippen molar-refractivity contribution >= 4 is 14.8 Å². The van der Waals surface area contributed by atoms with Gasteiger partial charge in [0.25, 0.3) is 0 Å². The van der Waals surface area contributed by atoms with Crippen LogP contribution in [-0.2, 0) is 0 Å². The highest BCUT2D eigenvalue weighted by Crippen LogP contribution is 2.61. The van der Waals surface area contributed by atoms with Crippen LogP contribution in [0.5, 0.6) is 0 Å². The quantitative estimate of drug-likeness (QED) is 0.0380. The molecule has 0 fully saturated rings. The number of rotatable bonds is 28. The van der Waals surface area contributed by atoms with Crippen molar-refractivity contribution in [2.45, 2.75) is 182 Å². The molecule has 0 spiro atoms.